The fourth-order valence-corrected chi connectivity index (χ4v) is 2.58. The largest absolute Gasteiger partial charge is 0.483 e. The molecule has 26 heavy (non-hydrogen) atoms. The van der Waals surface area contributed by atoms with E-state index in [-0.39, 0.29) is 12.3 Å². The van der Waals surface area contributed by atoms with Gasteiger partial charge in [-0.2, -0.15) is 5.10 Å². The lowest BCUT2D eigenvalue weighted by Crippen LogP contribution is -2.24. The fraction of sp³-hybridized carbons (Fsp3) is 0.0588. The lowest BCUT2D eigenvalue weighted by molar-refractivity contribution is -0.384. The number of hydrogen-bond acceptors (Lipinski definition) is 5. The summed E-state index contributed by atoms with van der Waals surface area (Å²) < 4.78 is 5.99. The van der Waals surface area contributed by atoms with Crippen LogP contribution in [0.15, 0.2) is 58.1 Å². The summed E-state index contributed by atoms with van der Waals surface area (Å²) in [7, 11) is 0. The molecule has 0 heterocycles. The molecule has 0 aliphatic carbocycles. The Labute approximate surface area is 162 Å². The summed E-state index contributed by atoms with van der Waals surface area (Å²) in [5.41, 5.74) is 3.11. The number of amides is 1. The Morgan fingerprint density at radius 1 is 1.31 bits per heavy atom. The number of nitro benzene ring substituents is 1. The number of allylic oxidation sites excluding steroid dienone is 1. The summed E-state index contributed by atoms with van der Waals surface area (Å²) in [6, 6.07) is 11.0. The topological polar surface area (TPSA) is 93.8 Å². The molecule has 7 nitrogen and oxygen atoms in total. The van der Waals surface area contributed by atoms with Gasteiger partial charge in [-0.15, -0.1) is 0 Å². The Morgan fingerprint density at radius 3 is 2.69 bits per heavy atom. The first kappa shape index (κ1) is 19.6. The summed E-state index contributed by atoms with van der Waals surface area (Å²) in [6.07, 6.45) is 4.68. The number of hydrazone groups is 1. The van der Waals surface area contributed by atoms with Gasteiger partial charge in [0, 0.05) is 23.4 Å². The zero-order valence-electron chi connectivity index (χ0n) is 13.3. The van der Waals surface area contributed by atoms with E-state index in [9.17, 15) is 14.9 Å². The van der Waals surface area contributed by atoms with Crippen LogP contribution in [0.1, 0.15) is 5.56 Å². The van der Waals surface area contributed by atoms with E-state index in [4.69, 9.17) is 16.3 Å². The molecule has 0 aromatic heterocycles. The number of halogens is 2. The molecule has 0 aliphatic heterocycles. The maximum atomic E-state index is 11.6. The zero-order chi connectivity index (χ0) is 18.9. The third-order valence-corrected chi connectivity index (χ3v) is 3.85. The molecule has 2 aromatic carbocycles. The van der Waals surface area contributed by atoms with Gasteiger partial charge < -0.3 is 4.74 Å². The highest BCUT2D eigenvalue weighted by molar-refractivity contribution is 9.10. The molecule has 1 amide bonds. The first-order chi connectivity index (χ1) is 12.5. The van der Waals surface area contributed by atoms with Crippen molar-refractivity contribution in [3.05, 3.63) is 73.7 Å². The molecule has 0 bridgehead atoms. The summed E-state index contributed by atoms with van der Waals surface area (Å²) >= 11 is 9.11. The zero-order valence-corrected chi connectivity index (χ0v) is 15.6. The monoisotopic (exact) mass is 437 g/mol. The van der Waals surface area contributed by atoms with E-state index in [2.05, 4.69) is 26.5 Å². The van der Waals surface area contributed by atoms with E-state index in [0.717, 1.165) is 5.56 Å². The van der Waals surface area contributed by atoms with Gasteiger partial charge in [0.25, 0.3) is 11.6 Å². The van der Waals surface area contributed by atoms with Gasteiger partial charge in [0.2, 0.25) is 0 Å². The minimum atomic E-state index is -0.463. The van der Waals surface area contributed by atoms with Gasteiger partial charge in [-0.1, -0.05) is 17.7 Å². The third kappa shape index (κ3) is 6.30. The van der Waals surface area contributed by atoms with Crippen molar-refractivity contribution in [3.8, 4) is 5.75 Å². The fourth-order valence-electron chi connectivity index (χ4n) is 1.78. The van der Waals surface area contributed by atoms with Crippen LogP contribution in [-0.4, -0.2) is 23.7 Å². The number of benzene rings is 2. The summed E-state index contributed by atoms with van der Waals surface area (Å²) in [5.74, 6) is 0.0680. The Hall–Kier alpha value is -2.71. The number of nitrogens with one attached hydrogen (secondary N) is 1. The van der Waals surface area contributed by atoms with Crippen LogP contribution in [0.25, 0.3) is 6.08 Å². The standard InChI is InChI=1S/C17H13BrClN3O4/c18-15-10-13(19)5-8-16(15)26-11-17(23)21-20-9-1-2-12-3-6-14(7-4-12)22(24)25/h1-10H,11H2,(H,21,23)/b2-1+,20-9-. The Morgan fingerprint density at radius 2 is 2.04 bits per heavy atom. The van der Waals surface area contributed by atoms with Crippen molar-refractivity contribution in [3.63, 3.8) is 0 Å². The summed E-state index contributed by atoms with van der Waals surface area (Å²) in [6.45, 7) is -0.205. The molecular weight excluding hydrogens is 426 g/mol. The highest BCUT2D eigenvalue weighted by Crippen LogP contribution is 2.27. The van der Waals surface area contributed by atoms with E-state index in [0.29, 0.717) is 15.2 Å². The smallest absolute Gasteiger partial charge is 0.277 e. The van der Waals surface area contributed by atoms with Gasteiger partial charge in [0.15, 0.2) is 6.61 Å². The van der Waals surface area contributed by atoms with E-state index < -0.39 is 10.8 Å². The van der Waals surface area contributed by atoms with Crippen molar-refractivity contribution in [1.82, 2.24) is 5.43 Å². The molecule has 0 unspecified atom stereocenters. The second kappa shape index (κ2) is 9.69. The molecule has 0 aliphatic rings. The molecule has 0 saturated heterocycles. The molecule has 0 spiro atoms. The number of carbonyl (C=O) groups excluding carboxylic acids is 1. The van der Waals surface area contributed by atoms with Crippen LogP contribution in [-0.2, 0) is 4.79 Å². The molecule has 9 heteroatoms. The summed E-state index contributed by atoms with van der Waals surface area (Å²) in [5, 5.41) is 14.9. The number of nitro groups is 1. The second-order valence-electron chi connectivity index (χ2n) is 4.88. The Balaban J connectivity index is 1.76. The predicted molar refractivity (Wildman–Crippen MR) is 103 cm³/mol. The Kier molecular flexibility index (Phi) is 7.31. The van der Waals surface area contributed by atoms with Crippen LogP contribution >= 0.6 is 27.5 Å². The van der Waals surface area contributed by atoms with Gasteiger partial charge in [0.05, 0.1) is 9.40 Å². The molecule has 1 N–H and O–H groups in total. The van der Waals surface area contributed by atoms with Gasteiger partial charge in [0.1, 0.15) is 5.75 Å². The average molecular weight is 439 g/mol. The maximum Gasteiger partial charge on any atom is 0.277 e. The number of hydrogen-bond donors (Lipinski definition) is 1. The van der Waals surface area contributed by atoms with Crippen LogP contribution in [0, 0.1) is 10.1 Å². The van der Waals surface area contributed by atoms with Crippen molar-refractivity contribution in [2.75, 3.05) is 6.61 Å². The van der Waals surface area contributed by atoms with Gasteiger partial charge in [-0.3, -0.25) is 14.9 Å². The first-order valence-corrected chi connectivity index (χ1v) is 8.43. The molecule has 0 saturated carbocycles. The average Bonchev–Trinajstić information content (AvgIpc) is 2.61. The number of ether oxygens (including phenoxy) is 1. The highest BCUT2D eigenvalue weighted by Gasteiger charge is 2.05. The van der Waals surface area contributed by atoms with E-state index in [1.165, 1.54) is 18.3 Å². The highest BCUT2D eigenvalue weighted by atomic mass is 79.9. The van der Waals surface area contributed by atoms with Crippen molar-refractivity contribution < 1.29 is 14.5 Å². The first-order valence-electron chi connectivity index (χ1n) is 7.26. The lowest BCUT2D eigenvalue weighted by Gasteiger charge is -2.07. The third-order valence-electron chi connectivity index (χ3n) is 3.00. The van der Waals surface area contributed by atoms with Crippen LogP contribution in [0.5, 0.6) is 5.75 Å². The van der Waals surface area contributed by atoms with Crippen molar-refractivity contribution >= 4 is 51.4 Å². The lowest BCUT2D eigenvalue weighted by atomic mass is 10.2. The molecule has 0 radical (unpaired) electrons. The van der Waals surface area contributed by atoms with Crippen LogP contribution in [0.4, 0.5) is 5.69 Å². The molecule has 0 atom stereocenters. The molecule has 134 valence electrons. The molecular formula is C17H13BrClN3O4. The Bertz CT molecular complexity index is 854. The van der Waals surface area contributed by atoms with Crippen molar-refractivity contribution in [2.45, 2.75) is 0 Å². The van der Waals surface area contributed by atoms with Gasteiger partial charge >= 0.3 is 0 Å². The van der Waals surface area contributed by atoms with Gasteiger partial charge in [-0.25, -0.2) is 5.43 Å². The molecule has 2 rings (SSSR count). The molecule has 2 aromatic rings. The van der Waals surface area contributed by atoms with Crippen LogP contribution in [0.2, 0.25) is 5.02 Å². The van der Waals surface area contributed by atoms with Crippen molar-refractivity contribution in [1.29, 1.82) is 0 Å². The van der Waals surface area contributed by atoms with E-state index in [1.54, 1.807) is 42.5 Å². The van der Waals surface area contributed by atoms with Gasteiger partial charge in [-0.05, 0) is 57.9 Å². The maximum absolute atomic E-state index is 11.6. The minimum absolute atomic E-state index is 0.0235. The van der Waals surface area contributed by atoms with E-state index in [1.807, 2.05) is 0 Å². The minimum Gasteiger partial charge on any atom is -0.483 e. The summed E-state index contributed by atoms with van der Waals surface area (Å²) in [4.78, 5) is 21.7. The SMILES string of the molecule is O=C(COc1ccc(Cl)cc1Br)N/N=C\C=C\c1ccc([N+](=O)[O-])cc1. The number of nitrogens with zero attached hydrogens (tertiary/aromatic N) is 2. The number of rotatable bonds is 7. The number of carbonyl (C=O) groups is 1. The molecule has 0 fully saturated rings. The normalized spacial score (nSPS) is 11.0. The van der Waals surface area contributed by atoms with E-state index >= 15 is 0 Å². The van der Waals surface area contributed by atoms with Crippen molar-refractivity contribution in [2.24, 2.45) is 5.10 Å². The predicted octanol–water partition coefficient (Wildman–Crippen LogP) is 4.20. The number of non-ortho nitro benzene ring substituents is 1. The quantitative estimate of drug-likeness (QED) is 0.398. The second-order valence-corrected chi connectivity index (χ2v) is 6.18. The van der Waals surface area contributed by atoms with Crippen LogP contribution in [0.3, 0.4) is 0 Å². The van der Waals surface area contributed by atoms with Crippen LogP contribution < -0.4 is 10.2 Å².